The van der Waals surface area contributed by atoms with Gasteiger partial charge in [0.05, 0.1) is 12.5 Å². The fourth-order valence-electron chi connectivity index (χ4n) is 3.62. The minimum atomic E-state index is 0.00500. The molecule has 2 aliphatic rings. The molecular formula is C17H20N2O. The van der Waals surface area contributed by atoms with Crippen LogP contribution in [0, 0.1) is 23.2 Å². The topological polar surface area (TPSA) is 44.1 Å². The molecule has 2 aliphatic carbocycles. The lowest BCUT2D eigenvalue weighted by molar-refractivity contribution is -0.133. The number of fused-ring (bicyclic) bond motifs is 3. The molecule has 0 bridgehead atoms. The van der Waals surface area contributed by atoms with Crippen LogP contribution >= 0.6 is 0 Å². The third kappa shape index (κ3) is 2.00. The fourth-order valence-corrected chi connectivity index (χ4v) is 3.62. The van der Waals surface area contributed by atoms with Gasteiger partial charge < -0.3 is 4.90 Å². The lowest BCUT2D eigenvalue weighted by atomic mass is 9.92. The van der Waals surface area contributed by atoms with Gasteiger partial charge in [-0.25, -0.2) is 0 Å². The van der Waals surface area contributed by atoms with E-state index < -0.39 is 0 Å². The highest BCUT2D eigenvalue weighted by Gasteiger charge is 2.57. The van der Waals surface area contributed by atoms with Crippen molar-refractivity contribution < 1.29 is 4.79 Å². The van der Waals surface area contributed by atoms with Crippen LogP contribution in [0.25, 0.3) is 0 Å². The second kappa shape index (κ2) is 4.94. The molecule has 1 aromatic rings. The molecule has 0 aliphatic heterocycles. The lowest BCUT2D eigenvalue weighted by Gasteiger charge is -2.23. The number of rotatable bonds is 3. The smallest absolute Gasteiger partial charge is 0.226 e. The van der Waals surface area contributed by atoms with Crippen molar-refractivity contribution in [3.63, 3.8) is 0 Å². The van der Waals surface area contributed by atoms with E-state index in [9.17, 15) is 4.79 Å². The molecule has 0 aromatic heterocycles. The molecule has 0 heterocycles. The summed E-state index contributed by atoms with van der Waals surface area (Å²) in [6.07, 6.45) is 2.62. The summed E-state index contributed by atoms with van der Waals surface area (Å²) in [5.74, 6) is 1.31. The number of hydrogen-bond donors (Lipinski definition) is 0. The molecule has 3 heteroatoms. The summed E-state index contributed by atoms with van der Waals surface area (Å²) >= 11 is 0. The van der Waals surface area contributed by atoms with Crippen LogP contribution in [0.1, 0.15) is 36.8 Å². The summed E-state index contributed by atoms with van der Waals surface area (Å²) in [6, 6.07) is 10.7. The third-order valence-corrected chi connectivity index (χ3v) is 5.01. The van der Waals surface area contributed by atoms with Crippen LogP contribution in [-0.2, 0) is 11.2 Å². The van der Waals surface area contributed by atoms with Gasteiger partial charge in [-0.15, -0.1) is 0 Å². The van der Waals surface area contributed by atoms with Crippen molar-refractivity contribution in [2.75, 3.05) is 7.05 Å². The first-order chi connectivity index (χ1) is 9.65. The highest BCUT2D eigenvalue weighted by Crippen LogP contribution is 2.60. The zero-order valence-electron chi connectivity index (χ0n) is 12.0. The molecule has 20 heavy (non-hydrogen) atoms. The van der Waals surface area contributed by atoms with E-state index in [0.717, 1.165) is 12.8 Å². The summed E-state index contributed by atoms with van der Waals surface area (Å²) < 4.78 is 0. The van der Waals surface area contributed by atoms with Crippen LogP contribution in [0.4, 0.5) is 0 Å². The van der Waals surface area contributed by atoms with E-state index in [2.05, 4.69) is 30.3 Å². The van der Waals surface area contributed by atoms with Crippen molar-refractivity contribution in [3.05, 3.63) is 35.4 Å². The molecular weight excluding hydrogens is 248 g/mol. The largest absolute Gasteiger partial charge is 0.342 e. The number of aryl methyl sites for hydroxylation is 1. The van der Waals surface area contributed by atoms with Crippen LogP contribution in [0.5, 0.6) is 0 Å². The van der Waals surface area contributed by atoms with E-state index in [1.54, 1.807) is 4.90 Å². The third-order valence-electron chi connectivity index (χ3n) is 5.01. The first kappa shape index (κ1) is 13.2. The molecule has 0 spiro atoms. The van der Waals surface area contributed by atoms with Gasteiger partial charge in [0.2, 0.25) is 5.91 Å². The molecule has 0 saturated heterocycles. The Morgan fingerprint density at radius 2 is 2.25 bits per heavy atom. The van der Waals surface area contributed by atoms with Gasteiger partial charge >= 0.3 is 0 Å². The summed E-state index contributed by atoms with van der Waals surface area (Å²) in [6.45, 7) is 1.95. The number of nitriles is 1. The number of carbonyl (C=O) groups is 1. The molecule has 1 fully saturated rings. The second-order valence-corrected chi connectivity index (χ2v) is 6.11. The Balaban J connectivity index is 1.76. The zero-order chi connectivity index (χ0) is 14.3. The first-order valence-corrected chi connectivity index (χ1v) is 7.36. The van der Waals surface area contributed by atoms with Gasteiger partial charge in [-0.05, 0) is 42.7 Å². The van der Waals surface area contributed by atoms with Crippen molar-refractivity contribution in [1.82, 2.24) is 4.90 Å². The Bertz CT molecular complexity index is 575. The van der Waals surface area contributed by atoms with Gasteiger partial charge in [0.1, 0.15) is 0 Å². The van der Waals surface area contributed by atoms with E-state index >= 15 is 0 Å². The maximum atomic E-state index is 12.6. The minimum absolute atomic E-state index is 0.00500. The monoisotopic (exact) mass is 268 g/mol. The standard InChI is InChI=1S/C17H20N2O/c1-11(9-10-18)19(2)17(20)16-14-8-7-12-5-3-4-6-13(12)15(14)16/h3-6,11,14-16H,7-9H2,1-2H3. The molecule has 4 atom stereocenters. The van der Waals surface area contributed by atoms with Crippen LogP contribution < -0.4 is 0 Å². The predicted octanol–water partition coefficient (Wildman–Crippen LogP) is 2.72. The Morgan fingerprint density at radius 1 is 1.50 bits per heavy atom. The van der Waals surface area contributed by atoms with E-state index in [1.165, 1.54) is 11.1 Å². The summed E-state index contributed by atoms with van der Waals surface area (Å²) in [4.78, 5) is 14.4. The summed E-state index contributed by atoms with van der Waals surface area (Å²) in [5, 5.41) is 8.77. The van der Waals surface area contributed by atoms with Crippen LogP contribution in [0.2, 0.25) is 0 Å². The number of hydrogen-bond acceptors (Lipinski definition) is 2. The Morgan fingerprint density at radius 3 is 3.00 bits per heavy atom. The minimum Gasteiger partial charge on any atom is -0.342 e. The average Bonchev–Trinajstić information content (AvgIpc) is 3.21. The molecule has 1 saturated carbocycles. The maximum absolute atomic E-state index is 12.6. The van der Waals surface area contributed by atoms with Gasteiger partial charge in [0.25, 0.3) is 0 Å². The molecule has 0 N–H and O–H groups in total. The van der Waals surface area contributed by atoms with E-state index in [4.69, 9.17) is 5.26 Å². The Hall–Kier alpha value is -1.82. The molecule has 3 rings (SSSR count). The van der Waals surface area contributed by atoms with Crippen molar-refractivity contribution in [2.45, 2.75) is 38.1 Å². The average molecular weight is 268 g/mol. The van der Waals surface area contributed by atoms with E-state index in [1.807, 2.05) is 14.0 Å². The van der Waals surface area contributed by atoms with Crippen molar-refractivity contribution in [1.29, 1.82) is 5.26 Å². The number of amides is 1. The maximum Gasteiger partial charge on any atom is 0.226 e. The van der Waals surface area contributed by atoms with Gasteiger partial charge in [-0.1, -0.05) is 24.3 Å². The SMILES string of the molecule is CC(CC#N)N(C)C(=O)C1C2CCc3ccccc3C21. The zero-order valence-corrected chi connectivity index (χ0v) is 12.0. The molecule has 1 aromatic carbocycles. The fraction of sp³-hybridized carbons (Fsp3) is 0.529. The first-order valence-electron chi connectivity index (χ1n) is 7.36. The molecule has 3 nitrogen and oxygen atoms in total. The summed E-state index contributed by atoms with van der Waals surface area (Å²) in [5.41, 5.74) is 2.79. The summed E-state index contributed by atoms with van der Waals surface area (Å²) in [7, 11) is 1.83. The number of nitrogens with zero attached hydrogens (tertiary/aromatic N) is 2. The van der Waals surface area contributed by atoms with Crippen molar-refractivity contribution >= 4 is 5.91 Å². The molecule has 4 unspecified atom stereocenters. The Kier molecular flexibility index (Phi) is 3.25. The van der Waals surface area contributed by atoms with Crippen LogP contribution in [0.3, 0.4) is 0 Å². The van der Waals surface area contributed by atoms with Gasteiger partial charge in [0, 0.05) is 19.0 Å². The second-order valence-electron chi connectivity index (χ2n) is 6.11. The number of carbonyl (C=O) groups excluding carboxylic acids is 1. The Labute approximate surface area is 120 Å². The normalized spacial score (nSPS) is 27.8. The quantitative estimate of drug-likeness (QED) is 0.846. The van der Waals surface area contributed by atoms with Gasteiger partial charge in [-0.2, -0.15) is 5.26 Å². The van der Waals surface area contributed by atoms with Crippen LogP contribution in [-0.4, -0.2) is 23.9 Å². The van der Waals surface area contributed by atoms with Crippen molar-refractivity contribution in [2.24, 2.45) is 11.8 Å². The van der Waals surface area contributed by atoms with E-state index in [-0.39, 0.29) is 17.9 Å². The van der Waals surface area contributed by atoms with Crippen LogP contribution in [0.15, 0.2) is 24.3 Å². The predicted molar refractivity (Wildman–Crippen MR) is 76.9 cm³/mol. The number of benzene rings is 1. The molecule has 104 valence electrons. The lowest BCUT2D eigenvalue weighted by Crippen LogP contribution is -2.36. The highest BCUT2D eigenvalue weighted by atomic mass is 16.2. The molecule has 0 radical (unpaired) electrons. The highest BCUT2D eigenvalue weighted by molar-refractivity contribution is 5.84. The van der Waals surface area contributed by atoms with Gasteiger partial charge in [0.15, 0.2) is 0 Å². The van der Waals surface area contributed by atoms with Gasteiger partial charge in [-0.3, -0.25) is 4.79 Å². The van der Waals surface area contributed by atoms with E-state index in [0.29, 0.717) is 18.3 Å². The van der Waals surface area contributed by atoms with Crippen molar-refractivity contribution in [3.8, 4) is 6.07 Å². The molecule has 1 amide bonds.